The number of amides is 1. The van der Waals surface area contributed by atoms with Gasteiger partial charge in [0.2, 0.25) is 11.2 Å². The van der Waals surface area contributed by atoms with Gasteiger partial charge in [0.25, 0.3) is 5.91 Å². The van der Waals surface area contributed by atoms with Crippen LogP contribution in [-0.4, -0.2) is 17.5 Å². The van der Waals surface area contributed by atoms with E-state index in [0.29, 0.717) is 11.6 Å². The Morgan fingerprint density at radius 1 is 1.40 bits per heavy atom. The predicted octanol–water partition coefficient (Wildman–Crippen LogP) is 1.67. The number of carbonyl (C=O) groups is 1. The van der Waals surface area contributed by atoms with Crippen molar-refractivity contribution in [2.45, 2.75) is 13.8 Å². The van der Waals surface area contributed by atoms with Crippen LogP contribution in [0.2, 0.25) is 0 Å². The number of anilines is 1. The third-order valence-electron chi connectivity index (χ3n) is 2.54. The molecule has 0 aliphatic carbocycles. The van der Waals surface area contributed by atoms with E-state index in [4.69, 9.17) is 9.15 Å². The molecule has 0 bridgehead atoms. The van der Waals surface area contributed by atoms with E-state index in [1.54, 1.807) is 19.2 Å². The van der Waals surface area contributed by atoms with Gasteiger partial charge in [-0.2, -0.15) is 0 Å². The molecule has 6 heteroatoms. The van der Waals surface area contributed by atoms with E-state index >= 15 is 0 Å². The normalized spacial score (nSPS) is 10.1. The van der Waals surface area contributed by atoms with Crippen LogP contribution >= 0.6 is 0 Å². The summed E-state index contributed by atoms with van der Waals surface area (Å²) in [5.74, 6) is 0.417. The van der Waals surface area contributed by atoms with E-state index < -0.39 is 5.91 Å². The van der Waals surface area contributed by atoms with Crippen molar-refractivity contribution in [1.29, 1.82) is 0 Å². The van der Waals surface area contributed by atoms with E-state index in [0.717, 1.165) is 5.56 Å². The maximum absolute atomic E-state index is 11.7. The van der Waals surface area contributed by atoms with Crippen molar-refractivity contribution in [3.63, 3.8) is 0 Å². The molecule has 0 aliphatic rings. The number of nitrogens with one attached hydrogen (secondary N) is 1. The van der Waals surface area contributed by atoms with Crippen LogP contribution in [-0.2, 0) is 4.79 Å². The summed E-state index contributed by atoms with van der Waals surface area (Å²) in [5, 5.41) is 2.58. The summed E-state index contributed by atoms with van der Waals surface area (Å²) in [5.41, 5.74) is 0.658. The Morgan fingerprint density at radius 2 is 2.20 bits per heavy atom. The summed E-state index contributed by atoms with van der Waals surface area (Å²) in [7, 11) is 0. The van der Waals surface area contributed by atoms with Gasteiger partial charge in [-0.1, -0.05) is 0 Å². The van der Waals surface area contributed by atoms with Gasteiger partial charge in [0.05, 0.1) is 6.26 Å². The lowest BCUT2D eigenvalue weighted by Gasteiger charge is -2.07. The van der Waals surface area contributed by atoms with E-state index in [9.17, 15) is 9.59 Å². The van der Waals surface area contributed by atoms with Crippen molar-refractivity contribution >= 4 is 11.7 Å². The monoisotopic (exact) mass is 274 g/mol. The molecule has 104 valence electrons. The Balaban J connectivity index is 1.98. The molecular formula is C14H14N2O4. The molecule has 0 spiro atoms. The Hall–Kier alpha value is -2.63. The summed E-state index contributed by atoms with van der Waals surface area (Å²) in [4.78, 5) is 27.2. The van der Waals surface area contributed by atoms with Crippen LogP contribution in [0.4, 0.5) is 5.82 Å². The third-order valence-corrected chi connectivity index (χ3v) is 2.54. The molecule has 0 radical (unpaired) electrons. The first-order valence-corrected chi connectivity index (χ1v) is 6.00. The molecule has 2 heterocycles. The summed E-state index contributed by atoms with van der Waals surface area (Å²) >= 11 is 0. The minimum Gasteiger partial charge on any atom is -0.476 e. The minimum absolute atomic E-state index is 0.0415. The van der Waals surface area contributed by atoms with Crippen LogP contribution in [0.1, 0.15) is 11.3 Å². The molecular weight excluding hydrogens is 260 g/mol. The number of hydrogen-bond acceptors (Lipinski definition) is 5. The second kappa shape index (κ2) is 6.01. The summed E-state index contributed by atoms with van der Waals surface area (Å²) in [6.45, 7) is 3.20. The van der Waals surface area contributed by atoms with E-state index in [-0.39, 0.29) is 17.8 Å². The predicted molar refractivity (Wildman–Crippen MR) is 72.8 cm³/mol. The van der Waals surface area contributed by atoms with Crippen LogP contribution < -0.4 is 15.5 Å². The van der Waals surface area contributed by atoms with Crippen LogP contribution in [0.3, 0.4) is 0 Å². The molecule has 2 aromatic heterocycles. The molecule has 6 nitrogen and oxygen atoms in total. The highest BCUT2D eigenvalue weighted by Gasteiger charge is 2.10. The molecule has 0 atom stereocenters. The lowest BCUT2D eigenvalue weighted by atomic mass is 10.3. The standard InChI is InChI=1S/C14H14N2O4/c1-9-3-5-15-12(7-9)16-13(18)8-20-14-10(2)19-6-4-11(14)17/h3-7H,8H2,1-2H3,(H,15,16,18). The molecule has 0 unspecified atom stereocenters. The molecule has 0 aromatic carbocycles. The Morgan fingerprint density at radius 3 is 2.90 bits per heavy atom. The topological polar surface area (TPSA) is 81.4 Å². The van der Waals surface area contributed by atoms with Gasteiger partial charge in [-0.3, -0.25) is 9.59 Å². The van der Waals surface area contributed by atoms with Crippen molar-refractivity contribution in [3.8, 4) is 5.75 Å². The maximum atomic E-state index is 11.7. The SMILES string of the molecule is Cc1ccnc(NC(=O)COc2c(C)occc2=O)c1. The van der Waals surface area contributed by atoms with E-state index in [2.05, 4.69) is 10.3 Å². The van der Waals surface area contributed by atoms with Crippen LogP contribution in [0.25, 0.3) is 0 Å². The molecule has 0 saturated carbocycles. The highest BCUT2D eigenvalue weighted by Crippen LogP contribution is 2.11. The molecule has 2 aromatic rings. The van der Waals surface area contributed by atoms with Crippen LogP contribution in [0.5, 0.6) is 5.75 Å². The Bertz CT molecular complexity index is 679. The van der Waals surface area contributed by atoms with Gasteiger partial charge in [-0.25, -0.2) is 4.98 Å². The zero-order valence-corrected chi connectivity index (χ0v) is 11.2. The maximum Gasteiger partial charge on any atom is 0.263 e. The summed E-state index contributed by atoms with van der Waals surface area (Å²) in [6, 6.07) is 4.80. The quantitative estimate of drug-likeness (QED) is 0.917. The van der Waals surface area contributed by atoms with Gasteiger partial charge in [0.1, 0.15) is 11.6 Å². The number of aromatic nitrogens is 1. The van der Waals surface area contributed by atoms with Gasteiger partial charge in [-0.05, 0) is 31.5 Å². The van der Waals surface area contributed by atoms with Crippen LogP contribution in [0, 0.1) is 13.8 Å². The smallest absolute Gasteiger partial charge is 0.263 e. The number of rotatable bonds is 4. The fourth-order valence-corrected chi connectivity index (χ4v) is 1.59. The number of carbonyl (C=O) groups excluding carboxylic acids is 1. The number of ether oxygens (including phenoxy) is 1. The molecule has 2 rings (SSSR count). The Kier molecular flexibility index (Phi) is 4.14. The fraction of sp³-hybridized carbons (Fsp3) is 0.214. The second-order valence-electron chi connectivity index (χ2n) is 4.23. The summed E-state index contributed by atoms with van der Waals surface area (Å²) < 4.78 is 10.2. The highest BCUT2D eigenvalue weighted by atomic mass is 16.5. The first-order chi connectivity index (χ1) is 9.56. The van der Waals surface area contributed by atoms with Crippen molar-refractivity contribution in [1.82, 2.24) is 4.98 Å². The van der Waals surface area contributed by atoms with Gasteiger partial charge >= 0.3 is 0 Å². The molecule has 1 amide bonds. The van der Waals surface area contributed by atoms with Gasteiger partial charge in [0, 0.05) is 12.3 Å². The fourth-order valence-electron chi connectivity index (χ4n) is 1.59. The molecule has 1 N–H and O–H groups in total. The van der Waals surface area contributed by atoms with E-state index in [1.807, 2.05) is 13.0 Å². The van der Waals surface area contributed by atoms with Gasteiger partial charge in [0.15, 0.2) is 6.61 Å². The molecule has 0 aliphatic heterocycles. The number of aryl methyl sites for hydroxylation is 2. The minimum atomic E-state index is -0.397. The lowest BCUT2D eigenvalue weighted by molar-refractivity contribution is -0.118. The van der Waals surface area contributed by atoms with Gasteiger partial charge in [-0.15, -0.1) is 0 Å². The van der Waals surface area contributed by atoms with Crippen LogP contribution in [0.15, 0.2) is 39.9 Å². The second-order valence-corrected chi connectivity index (χ2v) is 4.23. The number of pyridine rings is 1. The Labute approximate surface area is 115 Å². The zero-order valence-electron chi connectivity index (χ0n) is 11.2. The lowest BCUT2D eigenvalue weighted by Crippen LogP contribution is -2.22. The zero-order chi connectivity index (χ0) is 14.5. The van der Waals surface area contributed by atoms with Crippen molar-refractivity contribution in [2.75, 3.05) is 11.9 Å². The van der Waals surface area contributed by atoms with Crippen molar-refractivity contribution in [3.05, 3.63) is 52.2 Å². The average molecular weight is 274 g/mol. The largest absolute Gasteiger partial charge is 0.476 e. The molecule has 0 fully saturated rings. The van der Waals surface area contributed by atoms with Crippen molar-refractivity contribution < 1.29 is 13.9 Å². The van der Waals surface area contributed by atoms with E-state index in [1.165, 1.54) is 12.3 Å². The molecule has 20 heavy (non-hydrogen) atoms. The number of hydrogen-bond donors (Lipinski definition) is 1. The average Bonchev–Trinajstić information content (AvgIpc) is 2.38. The van der Waals surface area contributed by atoms with Crippen molar-refractivity contribution in [2.24, 2.45) is 0 Å². The third kappa shape index (κ3) is 3.44. The molecule has 0 saturated heterocycles. The highest BCUT2D eigenvalue weighted by molar-refractivity contribution is 5.91. The first-order valence-electron chi connectivity index (χ1n) is 6.00. The van der Waals surface area contributed by atoms with Gasteiger partial charge < -0.3 is 14.5 Å². The number of nitrogens with zero attached hydrogens (tertiary/aromatic N) is 1. The first kappa shape index (κ1) is 13.8. The summed E-state index contributed by atoms with van der Waals surface area (Å²) in [6.07, 6.45) is 2.88.